The first-order chi connectivity index (χ1) is 12.0. The average Bonchev–Trinajstić information content (AvgIpc) is 2.96. The van der Waals surface area contributed by atoms with Gasteiger partial charge in [-0.1, -0.05) is 6.07 Å². The van der Waals surface area contributed by atoms with Gasteiger partial charge in [0.1, 0.15) is 0 Å². The summed E-state index contributed by atoms with van der Waals surface area (Å²) in [4.78, 5) is 27.4. The van der Waals surface area contributed by atoms with Crippen LogP contribution in [0.1, 0.15) is 40.5 Å². The van der Waals surface area contributed by atoms with Crippen molar-refractivity contribution in [3.05, 3.63) is 45.3 Å². The van der Waals surface area contributed by atoms with Crippen molar-refractivity contribution >= 4 is 17.5 Å². The molecule has 9 nitrogen and oxygen atoms in total. The van der Waals surface area contributed by atoms with Gasteiger partial charge in [-0.05, 0) is 38.9 Å². The number of anilines is 1. The first-order valence-corrected chi connectivity index (χ1v) is 8.13. The van der Waals surface area contributed by atoms with Gasteiger partial charge in [0.2, 0.25) is 5.95 Å². The largest absolute Gasteiger partial charge is 0.317 e. The van der Waals surface area contributed by atoms with Crippen LogP contribution in [0.15, 0.2) is 18.2 Å². The summed E-state index contributed by atoms with van der Waals surface area (Å²) in [5.41, 5.74) is 0.637. The molecule has 2 N–H and O–H groups in total. The second kappa shape index (κ2) is 6.98. The molecule has 1 saturated heterocycles. The van der Waals surface area contributed by atoms with Crippen molar-refractivity contribution in [2.75, 3.05) is 18.4 Å². The molecule has 0 aliphatic carbocycles. The molecular formula is C16H20N6O3. The zero-order chi connectivity index (χ0) is 18.0. The number of nitrogens with one attached hydrogen (secondary N) is 2. The monoisotopic (exact) mass is 344 g/mol. The number of carbonyl (C=O) groups is 1. The Labute approximate surface area is 144 Å². The number of hydrogen-bond acceptors (Lipinski definition) is 6. The van der Waals surface area contributed by atoms with Gasteiger partial charge in [-0.25, -0.2) is 4.68 Å². The van der Waals surface area contributed by atoms with Gasteiger partial charge in [0.25, 0.3) is 11.6 Å². The summed E-state index contributed by atoms with van der Waals surface area (Å²) >= 11 is 0. The highest BCUT2D eigenvalue weighted by molar-refractivity contribution is 6.03. The standard InChI is InChI=1S/C16H20N6O3/c1-10-3-4-12(9-13(10)22(24)25)15(23)19-16-18-14(20-21(16)2)11-5-7-17-8-6-11/h3-4,9,11,17H,5-8H2,1-2H3,(H,18,19,20,23). The van der Waals surface area contributed by atoms with Gasteiger partial charge in [0, 0.05) is 30.2 Å². The van der Waals surface area contributed by atoms with E-state index in [0.29, 0.717) is 17.3 Å². The molecule has 0 unspecified atom stereocenters. The predicted octanol–water partition coefficient (Wildman–Crippen LogP) is 1.75. The molecule has 1 fully saturated rings. The molecule has 1 aromatic carbocycles. The summed E-state index contributed by atoms with van der Waals surface area (Å²) in [5.74, 6) is 0.880. The molecule has 3 rings (SSSR count). The summed E-state index contributed by atoms with van der Waals surface area (Å²) in [5, 5.41) is 21.4. The fraction of sp³-hybridized carbons (Fsp3) is 0.438. The molecule has 0 bridgehead atoms. The van der Waals surface area contributed by atoms with E-state index in [0.717, 1.165) is 25.9 Å². The number of rotatable bonds is 4. The zero-order valence-electron chi connectivity index (χ0n) is 14.2. The number of nitro groups is 1. The van der Waals surface area contributed by atoms with Gasteiger partial charge in [-0.15, -0.1) is 0 Å². The molecule has 0 saturated carbocycles. The van der Waals surface area contributed by atoms with E-state index in [-0.39, 0.29) is 17.2 Å². The third-order valence-corrected chi connectivity index (χ3v) is 4.38. The third kappa shape index (κ3) is 3.66. The van der Waals surface area contributed by atoms with Crippen molar-refractivity contribution < 1.29 is 9.72 Å². The Kier molecular flexibility index (Phi) is 4.75. The van der Waals surface area contributed by atoms with E-state index >= 15 is 0 Å². The Balaban J connectivity index is 1.78. The van der Waals surface area contributed by atoms with E-state index in [1.807, 2.05) is 0 Å². The van der Waals surface area contributed by atoms with Crippen LogP contribution in [0.4, 0.5) is 11.6 Å². The van der Waals surface area contributed by atoms with Gasteiger partial charge in [-0.3, -0.25) is 20.2 Å². The molecule has 0 spiro atoms. The number of benzene rings is 1. The quantitative estimate of drug-likeness (QED) is 0.645. The van der Waals surface area contributed by atoms with Crippen molar-refractivity contribution in [1.29, 1.82) is 0 Å². The van der Waals surface area contributed by atoms with Crippen molar-refractivity contribution in [1.82, 2.24) is 20.1 Å². The first kappa shape index (κ1) is 17.0. The number of nitro benzene ring substituents is 1. The molecular weight excluding hydrogens is 324 g/mol. The lowest BCUT2D eigenvalue weighted by molar-refractivity contribution is -0.385. The van der Waals surface area contributed by atoms with Crippen LogP contribution < -0.4 is 10.6 Å². The minimum Gasteiger partial charge on any atom is -0.317 e. The van der Waals surface area contributed by atoms with Gasteiger partial charge in [0.15, 0.2) is 5.82 Å². The molecule has 1 aliphatic rings. The summed E-state index contributed by atoms with van der Waals surface area (Å²) in [6, 6.07) is 4.39. The minimum atomic E-state index is -0.496. The Morgan fingerprint density at radius 1 is 1.40 bits per heavy atom. The Bertz CT molecular complexity index is 810. The lowest BCUT2D eigenvalue weighted by atomic mass is 9.98. The van der Waals surface area contributed by atoms with Gasteiger partial charge in [-0.2, -0.15) is 10.1 Å². The number of aryl methyl sites for hydroxylation is 2. The fourth-order valence-electron chi connectivity index (χ4n) is 2.89. The van der Waals surface area contributed by atoms with Crippen LogP contribution in [0.25, 0.3) is 0 Å². The molecule has 132 valence electrons. The number of nitrogens with zero attached hydrogens (tertiary/aromatic N) is 4. The molecule has 25 heavy (non-hydrogen) atoms. The van der Waals surface area contributed by atoms with Gasteiger partial charge >= 0.3 is 0 Å². The molecule has 9 heteroatoms. The summed E-state index contributed by atoms with van der Waals surface area (Å²) in [6.07, 6.45) is 1.92. The van der Waals surface area contributed by atoms with Crippen molar-refractivity contribution in [2.24, 2.45) is 7.05 Å². The number of aromatic nitrogens is 3. The average molecular weight is 344 g/mol. The Morgan fingerprint density at radius 3 is 2.80 bits per heavy atom. The fourth-order valence-corrected chi connectivity index (χ4v) is 2.89. The van der Waals surface area contributed by atoms with E-state index in [2.05, 4.69) is 20.7 Å². The van der Waals surface area contributed by atoms with Crippen LogP contribution in [0.3, 0.4) is 0 Å². The number of hydrogen-bond donors (Lipinski definition) is 2. The minimum absolute atomic E-state index is 0.0824. The first-order valence-electron chi connectivity index (χ1n) is 8.13. The highest BCUT2D eigenvalue weighted by atomic mass is 16.6. The maximum Gasteiger partial charge on any atom is 0.273 e. The van der Waals surface area contributed by atoms with Crippen LogP contribution >= 0.6 is 0 Å². The maximum atomic E-state index is 12.4. The second-order valence-corrected chi connectivity index (χ2v) is 6.15. The lowest BCUT2D eigenvalue weighted by Crippen LogP contribution is -2.27. The van der Waals surface area contributed by atoms with Crippen LogP contribution in [-0.4, -0.2) is 38.7 Å². The van der Waals surface area contributed by atoms with Crippen molar-refractivity contribution in [3.8, 4) is 0 Å². The molecule has 1 aliphatic heterocycles. The van der Waals surface area contributed by atoms with Gasteiger partial charge < -0.3 is 5.32 Å². The van der Waals surface area contributed by atoms with Crippen molar-refractivity contribution in [2.45, 2.75) is 25.7 Å². The summed E-state index contributed by atoms with van der Waals surface area (Å²) < 4.78 is 1.53. The van der Waals surface area contributed by atoms with Crippen LogP contribution in [0, 0.1) is 17.0 Å². The Morgan fingerprint density at radius 2 is 2.12 bits per heavy atom. The zero-order valence-corrected chi connectivity index (χ0v) is 14.2. The van der Waals surface area contributed by atoms with E-state index in [1.54, 1.807) is 26.1 Å². The van der Waals surface area contributed by atoms with E-state index < -0.39 is 10.8 Å². The number of carbonyl (C=O) groups excluding carboxylic acids is 1. The number of piperidine rings is 1. The van der Waals surface area contributed by atoms with Crippen LogP contribution in [0.2, 0.25) is 0 Å². The Hall–Kier alpha value is -2.81. The lowest BCUT2D eigenvalue weighted by Gasteiger charge is -2.19. The highest BCUT2D eigenvalue weighted by Crippen LogP contribution is 2.24. The molecule has 1 aromatic heterocycles. The predicted molar refractivity (Wildman–Crippen MR) is 91.6 cm³/mol. The van der Waals surface area contributed by atoms with E-state index in [9.17, 15) is 14.9 Å². The molecule has 0 atom stereocenters. The SMILES string of the molecule is Cc1ccc(C(=O)Nc2nc(C3CCNCC3)nn2C)cc1[N+](=O)[O-]. The highest BCUT2D eigenvalue weighted by Gasteiger charge is 2.22. The van der Waals surface area contributed by atoms with Crippen LogP contribution in [-0.2, 0) is 7.05 Å². The summed E-state index contributed by atoms with van der Waals surface area (Å²) in [6.45, 7) is 3.49. The smallest absolute Gasteiger partial charge is 0.273 e. The van der Waals surface area contributed by atoms with E-state index in [4.69, 9.17) is 0 Å². The molecule has 1 amide bonds. The molecule has 2 heterocycles. The molecule has 2 aromatic rings. The normalized spacial score (nSPS) is 15.1. The second-order valence-electron chi connectivity index (χ2n) is 6.15. The van der Waals surface area contributed by atoms with Crippen LogP contribution in [0.5, 0.6) is 0 Å². The third-order valence-electron chi connectivity index (χ3n) is 4.38. The maximum absolute atomic E-state index is 12.4. The van der Waals surface area contributed by atoms with Crippen molar-refractivity contribution in [3.63, 3.8) is 0 Å². The van der Waals surface area contributed by atoms with E-state index in [1.165, 1.54) is 10.7 Å². The summed E-state index contributed by atoms with van der Waals surface area (Å²) in [7, 11) is 1.71. The van der Waals surface area contributed by atoms with Gasteiger partial charge in [0.05, 0.1) is 4.92 Å². The topological polar surface area (TPSA) is 115 Å². The number of amides is 1. The molecule has 0 radical (unpaired) electrons.